The van der Waals surface area contributed by atoms with Gasteiger partial charge in [0.15, 0.2) is 5.65 Å². The molecule has 1 fully saturated rings. The average Bonchev–Trinajstić information content (AvgIpc) is 3.30. The summed E-state index contributed by atoms with van der Waals surface area (Å²) in [7, 11) is 0. The van der Waals surface area contributed by atoms with Gasteiger partial charge in [0, 0.05) is 38.6 Å². The Morgan fingerprint density at radius 3 is 2.37 bits per heavy atom. The maximum Gasteiger partial charge on any atom is 0.156 e. The minimum absolute atomic E-state index is 0.218. The topological polar surface area (TPSA) is 45.9 Å². The number of nitrogens with zero attached hydrogens (tertiary/aromatic N) is 5. The van der Waals surface area contributed by atoms with Crippen LogP contribution in [0.2, 0.25) is 0 Å². The number of hydrogen-bond donors (Lipinski definition) is 0. The molecule has 1 atom stereocenters. The van der Waals surface area contributed by atoms with Crippen LogP contribution < -0.4 is 9.64 Å². The Bertz CT molecular complexity index is 1070. The number of aromatic nitrogens is 3. The zero-order valence-electron chi connectivity index (χ0n) is 16.8. The Kier molecular flexibility index (Phi) is 5.31. The Balaban J connectivity index is 1.31. The van der Waals surface area contributed by atoms with Crippen LogP contribution in [0.15, 0.2) is 85.5 Å². The van der Waals surface area contributed by atoms with Crippen molar-refractivity contribution in [1.82, 2.24) is 19.3 Å². The van der Waals surface area contributed by atoms with Crippen LogP contribution in [0.3, 0.4) is 0 Å². The normalized spacial score (nSPS) is 15.9. The molecule has 30 heavy (non-hydrogen) atoms. The van der Waals surface area contributed by atoms with Gasteiger partial charge < -0.3 is 9.64 Å². The molecule has 3 heterocycles. The summed E-state index contributed by atoms with van der Waals surface area (Å²) in [6.07, 6.45) is 7.55. The third-order valence-electron chi connectivity index (χ3n) is 5.71. The predicted octanol–water partition coefficient (Wildman–Crippen LogP) is 3.67. The first kappa shape index (κ1) is 18.6. The summed E-state index contributed by atoms with van der Waals surface area (Å²) in [4.78, 5) is 13.6. The lowest BCUT2D eigenvalue weighted by Crippen LogP contribution is -2.49. The van der Waals surface area contributed by atoms with Gasteiger partial charge in [0.05, 0.1) is 18.4 Å². The lowest BCUT2D eigenvalue weighted by molar-refractivity contribution is 0.128. The van der Waals surface area contributed by atoms with E-state index in [-0.39, 0.29) is 6.04 Å². The van der Waals surface area contributed by atoms with Gasteiger partial charge in [-0.25, -0.2) is 4.98 Å². The first-order chi connectivity index (χ1) is 14.9. The second-order valence-electron chi connectivity index (χ2n) is 7.49. The number of ether oxygens (including phenoxy) is 1. The molecular formula is C24H25N5O. The number of para-hydroxylation sites is 1. The molecule has 0 aliphatic carbocycles. The fourth-order valence-corrected chi connectivity index (χ4v) is 4.11. The number of hydrogen-bond acceptors (Lipinski definition) is 5. The lowest BCUT2D eigenvalue weighted by atomic mass is 10.0. The Hall–Kier alpha value is -3.38. The van der Waals surface area contributed by atoms with E-state index in [2.05, 4.69) is 54.5 Å². The molecule has 1 saturated heterocycles. The van der Waals surface area contributed by atoms with Crippen LogP contribution in [-0.4, -0.2) is 52.1 Å². The fourth-order valence-electron chi connectivity index (χ4n) is 4.11. The zero-order chi connectivity index (χ0) is 20.2. The van der Waals surface area contributed by atoms with E-state index in [9.17, 15) is 0 Å². The summed E-state index contributed by atoms with van der Waals surface area (Å²) in [5.74, 6) is 2.01. The molecule has 5 rings (SSSR count). The van der Waals surface area contributed by atoms with Crippen LogP contribution in [0.4, 0.5) is 5.82 Å². The van der Waals surface area contributed by atoms with Gasteiger partial charge in [0.2, 0.25) is 0 Å². The van der Waals surface area contributed by atoms with E-state index in [1.807, 2.05) is 48.9 Å². The molecule has 6 heteroatoms. The van der Waals surface area contributed by atoms with Crippen molar-refractivity contribution in [2.75, 3.05) is 37.7 Å². The molecule has 2 aromatic heterocycles. The van der Waals surface area contributed by atoms with Gasteiger partial charge in [-0.2, -0.15) is 0 Å². The highest BCUT2D eigenvalue weighted by molar-refractivity contribution is 5.48. The van der Waals surface area contributed by atoms with E-state index in [1.54, 1.807) is 6.20 Å². The zero-order valence-corrected chi connectivity index (χ0v) is 16.8. The molecule has 1 unspecified atom stereocenters. The average molecular weight is 399 g/mol. The first-order valence-corrected chi connectivity index (χ1v) is 10.4. The largest absolute Gasteiger partial charge is 0.492 e. The molecule has 152 valence electrons. The van der Waals surface area contributed by atoms with E-state index in [4.69, 9.17) is 4.74 Å². The molecule has 6 nitrogen and oxygen atoms in total. The summed E-state index contributed by atoms with van der Waals surface area (Å²) >= 11 is 0. The second-order valence-corrected chi connectivity index (χ2v) is 7.49. The second kappa shape index (κ2) is 8.55. The standard InChI is InChI=1S/C24H25N5O/c1-3-7-20(8-4-1)22(19-30-21-9-5-2-6-10-21)27-13-15-28(16-14-27)24-18-25-17-23-26-11-12-29(23)24/h1-12,17-18,22H,13-16,19H2. The van der Waals surface area contributed by atoms with Crippen LogP contribution in [0.1, 0.15) is 11.6 Å². The third-order valence-corrected chi connectivity index (χ3v) is 5.71. The van der Waals surface area contributed by atoms with Crippen molar-refractivity contribution in [2.45, 2.75) is 6.04 Å². The maximum absolute atomic E-state index is 6.16. The van der Waals surface area contributed by atoms with Crippen LogP contribution in [0.25, 0.3) is 5.65 Å². The van der Waals surface area contributed by atoms with Gasteiger partial charge in [-0.05, 0) is 17.7 Å². The van der Waals surface area contributed by atoms with Crippen LogP contribution >= 0.6 is 0 Å². The van der Waals surface area contributed by atoms with Gasteiger partial charge in [0.1, 0.15) is 18.2 Å². The highest BCUT2D eigenvalue weighted by Crippen LogP contribution is 2.25. The smallest absolute Gasteiger partial charge is 0.156 e. The Morgan fingerprint density at radius 1 is 0.867 bits per heavy atom. The maximum atomic E-state index is 6.16. The molecule has 1 aliphatic heterocycles. The van der Waals surface area contributed by atoms with Crippen LogP contribution in [-0.2, 0) is 0 Å². The van der Waals surface area contributed by atoms with Crippen LogP contribution in [0, 0.1) is 0 Å². The molecule has 1 aliphatic rings. The summed E-state index contributed by atoms with van der Waals surface area (Å²) in [5.41, 5.74) is 2.17. The molecular weight excluding hydrogens is 374 g/mol. The van der Waals surface area contributed by atoms with Crippen molar-refractivity contribution < 1.29 is 4.74 Å². The Morgan fingerprint density at radius 2 is 1.60 bits per heavy atom. The van der Waals surface area contributed by atoms with Crippen molar-refractivity contribution in [3.63, 3.8) is 0 Å². The van der Waals surface area contributed by atoms with E-state index < -0.39 is 0 Å². The lowest BCUT2D eigenvalue weighted by Gasteiger charge is -2.40. The SMILES string of the molecule is c1ccc(OCC(c2ccccc2)N2CCN(c3cncc4nccn34)CC2)cc1. The van der Waals surface area contributed by atoms with E-state index in [1.165, 1.54) is 5.56 Å². The minimum atomic E-state index is 0.218. The number of piperazine rings is 1. The molecule has 0 saturated carbocycles. The van der Waals surface area contributed by atoms with Gasteiger partial charge >= 0.3 is 0 Å². The Labute approximate surface area is 176 Å². The molecule has 0 bridgehead atoms. The first-order valence-electron chi connectivity index (χ1n) is 10.4. The highest BCUT2D eigenvalue weighted by atomic mass is 16.5. The third kappa shape index (κ3) is 3.86. The fraction of sp³-hybridized carbons (Fsp3) is 0.250. The molecule has 4 aromatic rings. The number of imidazole rings is 1. The monoisotopic (exact) mass is 399 g/mol. The molecule has 2 aromatic carbocycles. The van der Waals surface area contributed by atoms with E-state index in [0.717, 1.165) is 43.4 Å². The van der Waals surface area contributed by atoms with Gasteiger partial charge in [-0.15, -0.1) is 0 Å². The minimum Gasteiger partial charge on any atom is -0.492 e. The van der Waals surface area contributed by atoms with Gasteiger partial charge in [-0.1, -0.05) is 48.5 Å². The number of anilines is 1. The van der Waals surface area contributed by atoms with Crippen molar-refractivity contribution in [3.05, 3.63) is 91.0 Å². The quantitative estimate of drug-likeness (QED) is 0.495. The van der Waals surface area contributed by atoms with Crippen molar-refractivity contribution in [1.29, 1.82) is 0 Å². The number of fused-ring (bicyclic) bond motifs is 1. The summed E-state index contributed by atoms with van der Waals surface area (Å²) in [6.45, 7) is 4.43. The predicted molar refractivity (Wildman–Crippen MR) is 118 cm³/mol. The van der Waals surface area contributed by atoms with E-state index >= 15 is 0 Å². The van der Waals surface area contributed by atoms with E-state index in [0.29, 0.717) is 6.61 Å². The number of benzene rings is 2. The number of rotatable bonds is 6. The van der Waals surface area contributed by atoms with Gasteiger partial charge in [-0.3, -0.25) is 14.3 Å². The summed E-state index contributed by atoms with van der Waals surface area (Å²) in [6, 6.07) is 20.9. The van der Waals surface area contributed by atoms with Crippen molar-refractivity contribution in [2.24, 2.45) is 0 Å². The summed E-state index contributed by atoms with van der Waals surface area (Å²) < 4.78 is 8.26. The molecule has 0 spiro atoms. The highest BCUT2D eigenvalue weighted by Gasteiger charge is 2.26. The summed E-state index contributed by atoms with van der Waals surface area (Å²) in [5, 5.41) is 0. The van der Waals surface area contributed by atoms with Crippen molar-refractivity contribution in [3.8, 4) is 5.75 Å². The van der Waals surface area contributed by atoms with Crippen molar-refractivity contribution >= 4 is 11.5 Å². The molecule has 0 amide bonds. The van der Waals surface area contributed by atoms with Gasteiger partial charge in [0.25, 0.3) is 0 Å². The molecule has 0 N–H and O–H groups in total. The van der Waals surface area contributed by atoms with Crippen LogP contribution in [0.5, 0.6) is 5.75 Å². The molecule has 0 radical (unpaired) electrons.